The highest BCUT2D eigenvalue weighted by atomic mass is 16.1. The van der Waals surface area contributed by atoms with E-state index in [0.29, 0.717) is 6.42 Å². The molecule has 0 radical (unpaired) electrons. The zero-order chi connectivity index (χ0) is 10.4. The summed E-state index contributed by atoms with van der Waals surface area (Å²) in [6.07, 6.45) is 1.43. The second-order valence-corrected chi connectivity index (χ2v) is 3.29. The fraction of sp³-hybridized carbons (Fsp3) is 0.417. The van der Waals surface area contributed by atoms with Crippen molar-refractivity contribution in [1.29, 1.82) is 0 Å². The number of hydrogen-bond donors (Lipinski definition) is 1. The topological polar surface area (TPSA) is 29.1 Å². The van der Waals surface area contributed by atoms with Gasteiger partial charge in [-0.05, 0) is 18.6 Å². The molecule has 2 nitrogen and oxygen atoms in total. The Bertz CT molecular complexity index is 282. The average molecular weight is 191 g/mol. The fourth-order valence-corrected chi connectivity index (χ4v) is 1.39. The number of anilines is 1. The van der Waals surface area contributed by atoms with Crippen molar-refractivity contribution in [2.45, 2.75) is 32.7 Å². The van der Waals surface area contributed by atoms with Gasteiger partial charge >= 0.3 is 0 Å². The Balaban J connectivity index is 2.62. The van der Waals surface area contributed by atoms with E-state index in [-0.39, 0.29) is 11.8 Å². The second kappa shape index (κ2) is 5.43. The van der Waals surface area contributed by atoms with E-state index < -0.39 is 0 Å². The van der Waals surface area contributed by atoms with Crippen LogP contribution in [0.4, 0.5) is 5.69 Å². The molecule has 0 spiro atoms. The van der Waals surface area contributed by atoms with Crippen LogP contribution in [0.25, 0.3) is 0 Å². The maximum absolute atomic E-state index is 11.5. The zero-order valence-corrected chi connectivity index (χ0v) is 8.79. The monoisotopic (exact) mass is 191 g/mol. The first-order valence-corrected chi connectivity index (χ1v) is 5.12. The van der Waals surface area contributed by atoms with Crippen molar-refractivity contribution in [1.82, 2.24) is 0 Å². The molecule has 0 amide bonds. The summed E-state index contributed by atoms with van der Waals surface area (Å²) in [6.45, 7) is 3.92. The molecule has 0 aliphatic heterocycles. The molecule has 0 heterocycles. The molecule has 0 fully saturated rings. The summed E-state index contributed by atoms with van der Waals surface area (Å²) in [4.78, 5) is 11.5. The highest BCUT2D eigenvalue weighted by molar-refractivity contribution is 5.86. The molecular formula is C12H17NO. The van der Waals surface area contributed by atoms with Gasteiger partial charge in [0.1, 0.15) is 0 Å². The number of rotatable bonds is 5. The Hall–Kier alpha value is -1.31. The third-order valence-electron chi connectivity index (χ3n) is 2.26. The summed E-state index contributed by atoms with van der Waals surface area (Å²) in [5.41, 5.74) is 1.01. The van der Waals surface area contributed by atoms with Crippen LogP contribution in [0.5, 0.6) is 0 Å². The van der Waals surface area contributed by atoms with Crippen LogP contribution in [-0.2, 0) is 4.79 Å². The van der Waals surface area contributed by atoms with E-state index in [9.17, 15) is 4.79 Å². The summed E-state index contributed by atoms with van der Waals surface area (Å²) >= 11 is 0. The molecule has 14 heavy (non-hydrogen) atoms. The highest BCUT2D eigenvalue weighted by Crippen LogP contribution is 2.10. The van der Waals surface area contributed by atoms with Gasteiger partial charge in [-0.1, -0.05) is 32.0 Å². The minimum Gasteiger partial charge on any atom is -0.375 e. The van der Waals surface area contributed by atoms with Gasteiger partial charge in [0.2, 0.25) is 0 Å². The first-order chi connectivity index (χ1) is 6.77. The molecule has 0 aromatic heterocycles. The van der Waals surface area contributed by atoms with Crippen molar-refractivity contribution in [3.8, 4) is 0 Å². The largest absolute Gasteiger partial charge is 0.375 e. The van der Waals surface area contributed by atoms with Crippen molar-refractivity contribution in [3.63, 3.8) is 0 Å². The smallest absolute Gasteiger partial charge is 0.154 e. The number of hydrogen-bond acceptors (Lipinski definition) is 2. The molecule has 76 valence electrons. The molecule has 2 heteroatoms. The zero-order valence-electron chi connectivity index (χ0n) is 8.79. The van der Waals surface area contributed by atoms with Crippen molar-refractivity contribution >= 4 is 11.5 Å². The minimum absolute atomic E-state index is 0.0394. The Morgan fingerprint density at radius 3 is 2.43 bits per heavy atom. The Labute approximate surface area is 85.3 Å². The van der Waals surface area contributed by atoms with Gasteiger partial charge in [-0.25, -0.2) is 0 Å². The van der Waals surface area contributed by atoms with Crippen LogP contribution in [-0.4, -0.2) is 11.8 Å². The van der Waals surface area contributed by atoms with Crippen molar-refractivity contribution < 1.29 is 4.79 Å². The number of Topliss-reactive ketones (excluding diaryl/α,β-unsaturated/α-hetero) is 1. The molecule has 1 aromatic carbocycles. The van der Waals surface area contributed by atoms with Gasteiger partial charge < -0.3 is 5.32 Å². The van der Waals surface area contributed by atoms with Gasteiger partial charge in [-0.2, -0.15) is 0 Å². The third kappa shape index (κ3) is 2.87. The number of ketones is 1. The molecule has 1 atom stereocenters. The van der Waals surface area contributed by atoms with E-state index in [0.717, 1.165) is 12.1 Å². The van der Waals surface area contributed by atoms with Gasteiger partial charge in [-0.3, -0.25) is 4.79 Å². The van der Waals surface area contributed by atoms with Gasteiger partial charge in [-0.15, -0.1) is 0 Å². The molecule has 0 bridgehead atoms. The molecule has 1 aromatic rings. The molecule has 0 saturated heterocycles. The van der Waals surface area contributed by atoms with Crippen LogP contribution in [0.1, 0.15) is 26.7 Å². The first kappa shape index (κ1) is 10.8. The van der Waals surface area contributed by atoms with Gasteiger partial charge in [0.15, 0.2) is 5.78 Å². The summed E-state index contributed by atoms with van der Waals surface area (Å²) in [6, 6.07) is 9.81. The number of carbonyl (C=O) groups is 1. The maximum Gasteiger partial charge on any atom is 0.154 e. The molecule has 0 aliphatic carbocycles. The quantitative estimate of drug-likeness (QED) is 0.775. The van der Waals surface area contributed by atoms with E-state index >= 15 is 0 Å². The predicted octanol–water partition coefficient (Wildman–Crippen LogP) is 2.86. The molecule has 1 N–H and O–H groups in total. The molecule has 1 rings (SSSR count). The first-order valence-electron chi connectivity index (χ1n) is 5.12. The van der Waals surface area contributed by atoms with E-state index in [1.807, 2.05) is 44.2 Å². The van der Waals surface area contributed by atoms with E-state index in [1.165, 1.54) is 0 Å². The van der Waals surface area contributed by atoms with E-state index in [2.05, 4.69) is 5.32 Å². The molecule has 0 saturated carbocycles. The lowest BCUT2D eigenvalue weighted by molar-refractivity contribution is -0.119. The Kier molecular flexibility index (Phi) is 4.17. The normalized spacial score (nSPS) is 12.1. The second-order valence-electron chi connectivity index (χ2n) is 3.29. The minimum atomic E-state index is -0.0394. The number of carbonyl (C=O) groups excluding carboxylic acids is 1. The van der Waals surface area contributed by atoms with Crippen LogP contribution in [0.2, 0.25) is 0 Å². The molecule has 1 unspecified atom stereocenters. The summed E-state index contributed by atoms with van der Waals surface area (Å²) in [5, 5.41) is 3.23. The van der Waals surface area contributed by atoms with Crippen LogP contribution in [0.3, 0.4) is 0 Å². The number of para-hydroxylation sites is 1. The highest BCUT2D eigenvalue weighted by Gasteiger charge is 2.13. The lowest BCUT2D eigenvalue weighted by atomic mass is 10.1. The summed E-state index contributed by atoms with van der Waals surface area (Å²) < 4.78 is 0. The SMILES string of the molecule is CCC(=O)C(CC)Nc1ccccc1. The van der Waals surface area contributed by atoms with Gasteiger partial charge in [0.05, 0.1) is 6.04 Å². The summed E-state index contributed by atoms with van der Waals surface area (Å²) in [5.74, 6) is 0.274. The molecular weight excluding hydrogens is 174 g/mol. The van der Waals surface area contributed by atoms with Gasteiger partial charge in [0, 0.05) is 12.1 Å². The van der Waals surface area contributed by atoms with Crippen molar-refractivity contribution in [2.75, 3.05) is 5.32 Å². The maximum atomic E-state index is 11.5. The molecule has 0 aliphatic rings. The lowest BCUT2D eigenvalue weighted by Gasteiger charge is -2.15. The van der Waals surface area contributed by atoms with Gasteiger partial charge in [0.25, 0.3) is 0 Å². The number of nitrogens with one attached hydrogen (secondary N) is 1. The Morgan fingerprint density at radius 1 is 1.29 bits per heavy atom. The standard InChI is InChI=1S/C12H17NO/c1-3-11(12(14)4-2)13-10-8-6-5-7-9-10/h5-9,11,13H,3-4H2,1-2H3. The van der Waals surface area contributed by atoms with Crippen molar-refractivity contribution in [2.24, 2.45) is 0 Å². The van der Waals surface area contributed by atoms with Crippen LogP contribution in [0, 0.1) is 0 Å². The Morgan fingerprint density at radius 2 is 1.93 bits per heavy atom. The number of benzene rings is 1. The van der Waals surface area contributed by atoms with Crippen LogP contribution < -0.4 is 5.32 Å². The predicted molar refractivity (Wildman–Crippen MR) is 59.4 cm³/mol. The average Bonchev–Trinajstić information content (AvgIpc) is 2.26. The lowest BCUT2D eigenvalue weighted by Crippen LogP contribution is -2.27. The van der Waals surface area contributed by atoms with Crippen LogP contribution in [0.15, 0.2) is 30.3 Å². The van der Waals surface area contributed by atoms with E-state index in [1.54, 1.807) is 0 Å². The van der Waals surface area contributed by atoms with Crippen molar-refractivity contribution in [3.05, 3.63) is 30.3 Å². The third-order valence-corrected chi connectivity index (χ3v) is 2.26. The van der Waals surface area contributed by atoms with Crippen LogP contribution >= 0.6 is 0 Å². The fourth-order valence-electron chi connectivity index (χ4n) is 1.39. The van der Waals surface area contributed by atoms with E-state index in [4.69, 9.17) is 0 Å². The summed E-state index contributed by atoms with van der Waals surface area (Å²) in [7, 11) is 0.